The lowest BCUT2D eigenvalue weighted by Crippen LogP contribution is -2.30. The van der Waals surface area contributed by atoms with Crippen LogP contribution in [0.5, 0.6) is 0 Å². The summed E-state index contributed by atoms with van der Waals surface area (Å²) in [7, 11) is 1.34. The van der Waals surface area contributed by atoms with Crippen molar-refractivity contribution in [2.24, 2.45) is 0 Å². The Morgan fingerprint density at radius 3 is 1.68 bits per heavy atom. The first-order valence-corrected chi connectivity index (χ1v) is 14.9. The van der Waals surface area contributed by atoms with Crippen molar-refractivity contribution in [3.05, 3.63) is 34.9 Å². The van der Waals surface area contributed by atoms with Crippen molar-refractivity contribution >= 4 is 23.6 Å². The maximum absolute atomic E-state index is 12.2. The van der Waals surface area contributed by atoms with Crippen LogP contribution in [0.1, 0.15) is 64.7 Å². The summed E-state index contributed by atoms with van der Waals surface area (Å²) in [6.45, 7) is 15.5. The lowest BCUT2D eigenvalue weighted by atomic mass is 9.97. The maximum Gasteiger partial charge on any atom is 0.307 e. The Bertz CT molecular complexity index is 741. The Kier molecular flexibility index (Phi) is 27.7. The first-order chi connectivity index (χ1) is 19.3. The van der Waals surface area contributed by atoms with E-state index >= 15 is 0 Å². The zero-order valence-electron chi connectivity index (χ0n) is 25.6. The highest BCUT2D eigenvalue weighted by atomic mass is 32.2. The second-order valence-corrected chi connectivity index (χ2v) is 9.88. The highest BCUT2D eigenvalue weighted by molar-refractivity contribution is 8.00. The molecular weight excluding hydrogens is 538 g/mol. The quantitative estimate of drug-likeness (QED) is 0.144. The molecule has 0 fully saturated rings. The molecule has 0 aliphatic heterocycles. The molecular formula is C29H53NO9S. The van der Waals surface area contributed by atoms with Gasteiger partial charge in [0.1, 0.15) is 0 Å². The van der Waals surface area contributed by atoms with Gasteiger partial charge in [-0.2, -0.15) is 0 Å². The van der Waals surface area contributed by atoms with Crippen LogP contribution in [0, 0.1) is 0 Å². The van der Waals surface area contributed by atoms with Crippen molar-refractivity contribution in [2.75, 3.05) is 72.3 Å². The summed E-state index contributed by atoms with van der Waals surface area (Å²) in [5.74, 6) is -0.0996. The van der Waals surface area contributed by atoms with Gasteiger partial charge in [0.15, 0.2) is 0 Å². The average molecular weight is 592 g/mol. The molecule has 11 heteroatoms. The minimum atomic E-state index is -0.360. The van der Waals surface area contributed by atoms with Gasteiger partial charge in [0.2, 0.25) is 5.91 Å². The molecule has 0 unspecified atom stereocenters. The fourth-order valence-corrected chi connectivity index (χ4v) is 3.83. The number of aliphatic hydroxyl groups is 2. The van der Waals surface area contributed by atoms with Crippen molar-refractivity contribution in [1.82, 2.24) is 5.32 Å². The van der Waals surface area contributed by atoms with Gasteiger partial charge in [-0.25, -0.2) is 0 Å². The second-order valence-electron chi connectivity index (χ2n) is 8.28. The predicted molar refractivity (Wildman–Crippen MR) is 159 cm³/mol. The van der Waals surface area contributed by atoms with Crippen LogP contribution in [0.15, 0.2) is 18.2 Å². The Morgan fingerprint density at radius 1 is 0.775 bits per heavy atom. The summed E-state index contributed by atoms with van der Waals surface area (Å²) in [5.41, 5.74) is 2.43. The number of methoxy groups -OCH3 is 1. The van der Waals surface area contributed by atoms with E-state index in [0.29, 0.717) is 59.4 Å². The molecule has 0 radical (unpaired) electrons. The molecule has 10 nitrogen and oxygen atoms in total. The van der Waals surface area contributed by atoms with Crippen molar-refractivity contribution in [1.29, 1.82) is 0 Å². The van der Waals surface area contributed by atoms with Gasteiger partial charge >= 0.3 is 5.97 Å². The lowest BCUT2D eigenvalue weighted by Gasteiger charge is -2.25. The third-order valence-electron chi connectivity index (χ3n) is 5.04. The fraction of sp³-hybridized carbons (Fsp3) is 0.724. The van der Waals surface area contributed by atoms with Crippen molar-refractivity contribution in [3.8, 4) is 0 Å². The number of rotatable bonds is 21. The van der Waals surface area contributed by atoms with Gasteiger partial charge < -0.3 is 39.2 Å². The van der Waals surface area contributed by atoms with E-state index in [4.69, 9.17) is 18.9 Å². The normalized spacial score (nSPS) is 10.6. The standard InChI is InChI=1S/C25H41NO9S.2C2H6/c1-25(2,22-15-20(17-27)14-21(16-22)18-28)36-19-23(29)26-5-7-33-9-11-35-13-12-34-10-8-32-6-4-24(30)31-3;2*1-2/h14-16,27-28H,4-13,17-19H2,1-3H3,(H,26,29);2*1-2H3. The van der Waals surface area contributed by atoms with Crippen LogP contribution >= 0.6 is 11.8 Å². The van der Waals surface area contributed by atoms with Crippen LogP contribution in [0.2, 0.25) is 0 Å². The Morgan fingerprint density at radius 2 is 1.23 bits per heavy atom. The van der Waals surface area contributed by atoms with Crippen LogP contribution in [-0.2, 0) is 51.2 Å². The van der Waals surface area contributed by atoms with Crippen LogP contribution in [0.25, 0.3) is 0 Å². The SMILES string of the molecule is CC.CC.COC(=O)CCOCCOCCOCCOCCNC(=O)CSC(C)(C)c1cc(CO)cc(CO)c1. The number of hydrogen-bond acceptors (Lipinski definition) is 10. The third kappa shape index (κ3) is 21.1. The molecule has 0 saturated carbocycles. The Labute approximate surface area is 245 Å². The van der Waals surface area contributed by atoms with E-state index in [2.05, 4.69) is 10.1 Å². The van der Waals surface area contributed by atoms with E-state index in [9.17, 15) is 19.8 Å². The average Bonchev–Trinajstić information content (AvgIpc) is 2.99. The number of thioether (sulfide) groups is 1. The largest absolute Gasteiger partial charge is 0.469 e. The topological polar surface area (TPSA) is 133 Å². The van der Waals surface area contributed by atoms with Gasteiger partial charge in [-0.3, -0.25) is 9.59 Å². The van der Waals surface area contributed by atoms with Crippen LogP contribution < -0.4 is 5.32 Å². The second kappa shape index (κ2) is 27.4. The Balaban J connectivity index is 0. The minimum absolute atomic E-state index is 0.0833. The van der Waals surface area contributed by atoms with Gasteiger partial charge in [0.25, 0.3) is 0 Å². The molecule has 1 amide bonds. The predicted octanol–water partition coefficient (Wildman–Crippen LogP) is 3.44. The summed E-state index contributed by atoms with van der Waals surface area (Å²) >= 11 is 1.49. The fourth-order valence-electron chi connectivity index (χ4n) is 2.96. The molecule has 0 aliphatic carbocycles. The van der Waals surface area contributed by atoms with Crippen LogP contribution in [-0.4, -0.2) is 94.4 Å². The molecule has 0 atom stereocenters. The number of carbonyl (C=O) groups is 2. The minimum Gasteiger partial charge on any atom is -0.469 e. The Hall–Kier alpha value is -1.73. The highest BCUT2D eigenvalue weighted by Gasteiger charge is 2.23. The first kappa shape index (κ1) is 40.4. The number of aliphatic hydroxyl groups excluding tert-OH is 2. The molecule has 0 heterocycles. The van der Waals surface area contributed by atoms with E-state index < -0.39 is 0 Å². The molecule has 0 spiro atoms. The number of amides is 1. The summed E-state index contributed by atoms with van der Waals surface area (Å²) in [5, 5.41) is 21.7. The van der Waals surface area contributed by atoms with Crippen LogP contribution in [0.3, 0.4) is 0 Å². The zero-order chi connectivity index (χ0) is 30.7. The molecule has 1 aromatic carbocycles. The number of ether oxygens (including phenoxy) is 5. The third-order valence-corrected chi connectivity index (χ3v) is 6.40. The van der Waals surface area contributed by atoms with Crippen molar-refractivity contribution in [3.63, 3.8) is 0 Å². The summed E-state index contributed by atoms with van der Waals surface area (Å²) in [6, 6.07) is 5.57. The summed E-state index contributed by atoms with van der Waals surface area (Å²) in [4.78, 5) is 23.1. The number of hydrogen-bond donors (Lipinski definition) is 3. The molecule has 1 rings (SSSR count). The van der Waals surface area contributed by atoms with Crippen LogP contribution in [0.4, 0.5) is 0 Å². The molecule has 0 bridgehead atoms. The van der Waals surface area contributed by atoms with Crippen molar-refractivity contribution < 1.29 is 43.5 Å². The number of esters is 1. The molecule has 0 saturated heterocycles. The molecule has 40 heavy (non-hydrogen) atoms. The monoisotopic (exact) mass is 591 g/mol. The van der Waals surface area contributed by atoms with Crippen molar-refractivity contribution in [2.45, 2.75) is 65.9 Å². The summed E-state index contributed by atoms with van der Waals surface area (Å²) in [6.07, 6.45) is 0.230. The van der Waals surface area contributed by atoms with E-state index in [1.54, 1.807) is 6.07 Å². The first-order valence-electron chi connectivity index (χ1n) is 14.0. The van der Waals surface area contributed by atoms with Gasteiger partial charge in [-0.1, -0.05) is 45.9 Å². The molecule has 0 aromatic heterocycles. The number of benzene rings is 1. The van der Waals surface area contributed by atoms with E-state index in [-0.39, 0.29) is 42.0 Å². The van der Waals surface area contributed by atoms with E-state index in [1.807, 2.05) is 53.7 Å². The molecule has 1 aromatic rings. The van der Waals surface area contributed by atoms with Gasteiger partial charge in [0, 0.05) is 11.3 Å². The zero-order valence-corrected chi connectivity index (χ0v) is 26.4. The molecule has 234 valence electrons. The smallest absolute Gasteiger partial charge is 0.307 e. The number of nitrogens with one attached hydrogen (secondary N) is 1. The number of carbonyl (C=O) groups excluding carboxylic acids is 2. The maximum atomic E-state index is 12.2. The molecule has 0 aliphatic rings. The lowest BCUT2D eigenvalue weighted by molar-refractivity contribution is -0.142. The van der Waals surface area contributed by atoms with Gasteiger partial charge in [-0.05, 0) is 30.5 Å². The highest BCUT2D eigenvalue weighted by Crippen LogP contribution is 2.36. The van der Waals surface area contributed by atoms with E-state index in [0.717, 1.165) is 16.7 Å². The van der Waals surface area contributed by atoms with E-state index in [1.165, 1.54) is 18.9 Å². The summed E-state index contributed by atoms with van der Waals surface area (Å²) < 4.78 is 25.6. The molecule has 3 N–H and O–H groups in total. The van der Waals surface area contributed by atoms with Gasteiger partial charge in [0.05, 0.1) is 85.4 Å². The van der Waals surface area contributed by atoms with Gasteiger partial charge in [-0.15, -0.1) is 11.8 Å².